The number of aldehydes is 1. The van der Waals surface area contributed by atoms with Crippen LogP contribution in [0, 0.1) is 0 Å². The molecule has 1 heterocycles. The van der Waals surface area contributed by atoms with E-state index in [1.54, 1.807) is 13.8 Å². The lowest BCUT2D eigenvalue weighted by atomic mass is 10.0. The predicted octanol–water partition coefficient (Wildman–Crippen LogP) is 3.30. The second kappa shape index (κ2) is 5.72. The summed E-state index contributed by atoms with van der Waals surface area (Å²) in [5, 5.41) is 0. The third kappa shape index (κ3) is 3.30. The number of hydrogen-bond donors (Lipinski definition) is 0. The number of carbonyl (C=O) groups is 2. The molecular weight excluding hydrogens is 282 g/mol. The largest absolute Gasteiger partial charge is 0.444 e. The van der Waals surface area contributed by atoms with Crippen molar-refractivity contribution in [2.45, 2.75) is 58.1 Å². The number of hydrogen-bond acceptors (Lipinski definition) is 4. The molecule has 0 unspecified atom stereocenters. The van der Waals surface area contributed by atoms with Crippen LogP contribution in [0.2, 0.25) is 0 Å². The minimum Gasteiger partial charge on any atom is -0.444 e. The second-order valence-electron chi connectivity index (χ2n) is 6.87. The lowest BCUT2D eigenvalue weighted by molar-refractivity contribution is -0.124. The maximum Gasteiger partial charge on any atom is 0.413 e. The van der Waals surface area contributed by atoms with Gasteiger partial charge in [0.15, 0.2) is 6.29 Å². The summed E-state index contributed by atoms with van der Waals surface area (Å²) in [6.07, 6.45) is -0.468. The summed E-state index contributed by atoms with van der Waals surface area (Å²) in [6, 6.07) is 8.89. The van der Waals surface area contributed by atoms with Crippen molar-refractivity contribution in [3.05, 3.63) is 35.9 Å². The van der Waals surface area contributed by atoms with Crippen LogP contribution in [-0.2, 0) is 14.3 Å². The molecule has 2 rings (SSSR count). The topological polar surface area (TPSA) is 55.8 Å². The van der Waals surface area contributed by atoms with Gasteiger partial charge in [-0.05, 0) is 40.2 Å². The fourth-order valence-corrected chi connectivity index (χ4v) is 2.67. The molecule has 1 aromatic carbocycles. The number of nitrogens with zero attached hydrogens (tertiary/aromatic N) is 1. The zero-order chi connectivity index (χ0) is 16.5. The van der Waals surface area contributed by atoms with Gasteiger partial charge < -0.3 is 14.3 Å². The lowest BCUT2D eigenvalue weighted by Crippen LogP contribution is -2.47. The highest BCUT2D eigenvalue weighted by Gasteiger charge is 2.51. The Bertz CT molecular complexity index is 548. The van der Waals surface area contributed by atoms with E-state index in [4.69, 9.17) is 9.47 Å². The predicted molar refractivity (Wildman–Crippen MR) is 82.3 cm³/mol. The highest BCUT2D eigenvalue weighted by molar-refractivity contribution is 5.72. The molecule has 0 spiro atoms. The van der Waals surface area contributed by atoms with Crippen LogP contribution in [0.5, 0.6) is 0 Å². The van der Waals surface area contributed by atoms with Crippen molar-refractivity contribution < 1.29 is 19.1 Å². The van der Waals surface area contributed by atoms with Crippen molar-refractivity contribution in [1.29, 1.82) is 0 Å². The first-order valence-corrected chi connectivity index (χ1v) is 7.36. The molecule has 0 aliphatic carbocycles. The van der Waals surface area contributed by atoms with Crippen molar-refractivity contribution in [3.63, 3.8) is 0 Å². The Morgan fingerprint density at radius 3 is 2.36 bits per heavy atom. The summed E-state index contributed by atoms with van der Waals surface area (Å²) < 4.78 is 11.3. The lowest BCUT2D eigenvalue weighted by Gasteiger charge is -2.35. The first kappa shape index (κ1) is 16.5. The molecule has 1 aliphatic heterocycles. The first-order valence-electron chi connectivity index (χ1n) is 7.36. The van der Waals surface area contributed by atoms with Crippen LogP contribution < -0.4 is 0 Å². The number of carbonyl (C=O) groups excluding carboxylic acids is 2. The molecule has 1 saturated heterocycles. The van der Waals surface area contributed by atoms with E-state index in [2.05, 4.69) is 0 Å². The average Bonchev–Trinajstić information content (AvgIpc) is 2.69. The maximum absolute atomic E-state index is 12.6. The van der Waals surface area contributed by atoms with Crippen molar-refractivity contribution in [3.8, 4) is 0 Å². The molecule has 1 aliphatic rings. The molecule has 0 N–H and O–H groups in total. The van der Waals surface area contributed by atoms with Crippen LogP contribution in [0.25, 0.3) is 0 Å². The van der Waals surface area contributed by atoms with E-state index in [9.17, 15) is 9.59 Å². The van der Waals surface area contributed by atoms with Crippen molar-refractivity contribution in [2.24, 2.45) is 0 Å². The summed E-state index contributed by atoms with van der Waals surface area (Å²) in [4.78, 5) is 25.6. The molecule has 1 fully saturated rings. The summed E-state index contributed by atoms with van der Waals surface area (Å²) in [7, 11) is 0. The zero-order valence-electron chi connectivity index (χ0n) is 13.7. The number of amides is 1. The van der Waals surface area contributed by atoms with E-state index < -0.39 is 29.6 Å². The first-order chi connectivity index (χ1) is 10.2. The van der Waals surface area contributed by atoms with Gasteiger partial charge in [-0.3, -0.25) is 4.90 Å². The van der Waals surface area contributed by atoms with Crippen LogP contribution in [-0.4, -0.2) is 34.7 Å². The molecule has 2 atom stereocenters. The number of benzene rings is 1. The van der Waals surface area contributed by atoms with Crippen LogP contribution in [0.1, 0.15) is 46.2 Å². The normalized spacial score (nSPS) is 24.1. The third-order valence-corrected chi connectivity index (χ3v) is 3.46. The Labute approximate surface area is 131 Å². The zero-order valence-corrected chi connectivity index (χ0v) is 13.7. The molecule has 0 radical (unpaired) electrons. The van der Waals surface area contributed by atoms with Crippen LogP contribution in [0.3, 0.4) is 0 Å². The van der Waals surface area contributed by atoms with Crippen molar-refractivity contribution in [2.75, 3.05) is 0 Å². The van der Waals surface area contributed by atoms with Gasteiger partial charge in [0, 0.05) is 0 Å². The minimum atomic E-state index is -0.922. The Morgan fingerprint density at radius 2 is 1.86 bits per heavy atom. The fraction of sp³-hybridized carbons (Fsp3) is 0.529. The summed E-state index contributed by atoms with van der Waals surface area (Å²) >= 11 is 0. The van der Waals surface area contributed by atoms with Gasteiger partial charge in [-0.2, -0.15) is 0 Å². The molecule has 0 saturated carbocycles. The van der Waals surface area contributed by atoms with Gasteiger partial charge in [0.1, 0.15) is 17.4 Å². The average molecular weight is 305 g/mol. The molecule has 1 amide bonds. The van der Waals surface area contributed by atoms with Gasteiger partial charge in [0.05, 0.1) is 6.04 Å². The monoisotopic (exact) mass is 305 g/mol. The van der Waals surface area contributed by atoms with Crippen molar-refractivity contribution in [1.82, 2.24) is 4.90 Å². The Balaban J connectivity index is 2.41. The van der Waals surface area contributed by atoms with E-state index >= 15 is 0 Å². The Kier molecular flexibility index (Phi) is 4.29. The molecule has 1 aromatic rings. The van der Waals surface area contributed by atoms with Crippen LogP contribution in [0.15, 0.2) is 30.3 Å². The summed E-state index contributed by atoms with van der Waals surface area (Å²) in [5.74, 6) is 0. The Morgan fingerprint density at radius 1 is 1.27 bits per heavy atom. The molecule has 0 bridgehead atoms. The molecule has 5 heteroatoms. The van der Waals surface area contributed by atoms with E-state index in [0.717, 1.165) is 11.8 Å². The van der Waals surface area contributed by atoms with Crippen LogP contribution >= 0.6 is 0 Å². The van der Waals surface area contributed by atoms with E-state index in [1.165, 1.54) is 4.90 Å². The van der Waals surface area contributed by atoms with Gasteiger partial charge in [-0.1, -0.05) is 30.3 Å². The van der Waals surface area contributed by atoms with Gasteiger partial charge in [0.2, 0.25) is 0 Å². The van der Waals surface area contributed by atoms with E-state index in [0.29, 0.717) is 0 Å². The van der Waals surface area contributed by atoms with Gasteiger partial charge in [0.25, 0.3) is 0 Å². The minimum absolute atomic E-state index is 0.490. The molecular formula is C17H23NO4. The molecule has 5 nitrogen and oxygen atoms in total. The smallest absolute Gasteiger partial charge is 0.413 e. The van der Waals surface area contributed by atoms with E-state index in [1.807, 2.05) is 51.1 Å². The quantitative estimate of drug-likeness (QED) is 0.787. The molecule has 22 heavy (non-hydrogen) atoms. The van der Waals surface area contributed by atoms with Gasteiger partial charge in [-0.25, -0.2) is 4.79 Å². The SMILES string of the molecule is CC(C)(C)OC(=O)N1[C@H](c2ccccc2)[C@H](C=O)OC1(C)C. The highest BCUT2D eigenvalue weighted by Crippen LogP contribution is 2.41. The summed E-state index contributed by atoms with van der Waals surface area (Å²) in [5.41, 5.74) is -0.696. The third-order valence-electron chi connectivity index (χ3n) is 3.46. The van der Waals surface area contributed by atoms with Gasteiger partial charge >= 0.3 is 6.09 Å². The highest BCUT2D eigenvalue weighted by atomic mass is 16.6. The number of ether oxygens (including phenoxy) is 2. The summed E-state index contributed by atoms with van der Waals surface area (Å²) in [6.45, 7) is 8.95. The molecule has 0 aromatic heterocycles. The van der Waals surface area contributed by atoms with E-state index in [-0.39, 0.29) is 0 Å². The molecule has 120 valence electrons. The Hall–Kier alpha value is -1.88. The standard InChI is InChI=1S/C17H23NO4/c1-16(2,3)22-15(20)18-14(12-9-7-6-8-10-12)13(11-19)21-17(18,4)5/h6-11,13-14H,1-5H3/t13-,14+/m0/s1. The number of rotatable bonds is 2. The van der Waals surface area contributed by atoms with Gasteiger partial charge in [-0.15, -0.1) is 0 Å². The van der Waals surface area contributed by atoms with Crippen molar-refractivity contribution >= 4 is 12.4 Å². The second-order valence-corrected chi connectivity index (χ2v) is 6.87. The van der Waals surface area contributed by atoms with Crippen LogP contribution in [0.4, 0.5) is 4.79 Å². The fourth-order valence-electron chi connectivity index (χ4n) is 2.67. The maximum atomic E-state index is 12.6.